The molecule has 2 aromatic rings. The molecule has 0 radical (unpaired) electrons. The van der Waals surface area contributed by atoms with Crippen molar-refractivity contribution < 1.29 is 13.5 Å². The van der Waals surface area contributed by atoms with E-state index in [0.29, 0.717) is 30.5 Å². The molecular formula is C19H19F2N3O. The van der Waals surface area contributed by atoms with Crippen LogP contribution in [0, 0.1) is 28.9 Å². The highest BCUT2D eigenvalue weighted by Crippen LogP contribution is 2.22. The first-order valence-electron chi connectivity index (χ1n) is 8.30. The molecule has 0 spiro atoms. The molecule has 0 unspecified atom stereocenters. The predicted octanol–water partition coefficient (Wildman–Crippen LogP) is 3.52. The molecule has 0 saturated carbocycles. The van der Waals surface area contributed by atoms with Gasteiger partial charge in [0.05, 0.1) is 6.61 Å². The van der Waals surface area contributed by atoms with Crippen LogP contribution in [0.1, 0.15) is 24.0 Å². The van der Waals surface area contributed by atoms with Crippen molar-refractivity contribution in [3.05, 3.63) is 59.3 Å². The van der Waals surface area contributed by atoms with Gasteiger partial charge in [0.2, 0.25) is 5.88 Å². The number of nitriles is 1. The Labute approximate surface area is 145 Å². The average molecular weight is 343 g/mol. The molecule has 25 heavy (non-hydrogen) atoms. The normalized spacial score (nSPS) is 15.7. The second-order valence-corrected chi connectivity index (χ2v) is 6.25. The number of halogens is 2. The Morgan fingerprint density at radius 3 is 2.72 bits per heavy atom. The predicted molar refractivity (Wildman–Crippen MR) is 88.8 cm³/mol. The average Bonchev–Trinajstić information content (AvgIpc) is 2.64. The van der Waals surface area contributed by atoms with Gasteiger partial charge in [-0.2, -0.15) is 5.26 Å². The van der Waals surface area contributed by atoms with Gasteiger partial charge in [0, 0.05) is 12.7 Å². The molecule has 1 aliphatic rings. The van der Waals surface area contributed by atoms with E-state index in [1.807, 2.05) is 0 Å². The Morgan fingerprint density at radius 1 is 1.20 bits per heavy atom. The van der Waals surface area contributed by atoms with Crippen LogP contribution in [0.15, 0.2) is 36.5 Å². The van der Waals surface area contributed by atoms with Crippen LogP contribution in [-0.4, -0.2) is 29.6 Å². The van der Waals surface area contributed by atoms with Crippen molar-refractivity contribution in [2.24, 2.45) is 5.92 Å². The van der Waals surface area contributed by atoms with Crippen molar-refractivity contribution in [3.8, 4) is 11.9 Å². The molecule has 1 saturated heterocycles. The zero-order valence-corrected chi connectivity index (χ0v) is 13.8. The SMILES string of the molecule is N#Cc1cccnc1OCC1CCN(Cc2ccc(F)c(F)c2)CC1. The van der Waals surface area contributed by atoms with Crippen molar-refractivity contribution in [2.45, 2.75) is 19.4 Å². The van der Waals surface area contributed by atoms with Crippen LogP contribution < -0.4 is 4.74 Å². The van der Waals surface area contributed by atoms with E-state index >= 15 is 0 Å². The molecule has 4 nitrogen and oxygen atoms in total. The number of pyridine rings is 1. The van der Waals surface area contributed by atoms with E-state index in [0.717, 1.165) is 31.5 Å². The number of aromatic nitrogens is 1. The summed E-state index contributed by atoms with van der Waals surface area (Å²) in [6.07, 6.45) is 3.53. The summed E-state index contributed by atoms with van der Waals surface area (Å²) in [6, 6.07) is 9.52. The monoisotopic (exact) mass is 343 g/mol. The number of hydrogen-bond acceptors (Lipinski definition) is 4. The first-order valence-corrected chi connectivity index (χ1v) is 8.30. The number of piperidine rings is 1. The second-order valence-electron chi connectivity index (χ2n) is 6.25. The number of rotatable bonds is 5. The molecule has 3 rings (SSSR count). The van der Waals surface area contributed by atoms with Crippen molar-refractivity contribution in [3.63, 3.8) is 0 Å². The Morgan fingerprint density at radius 2 is 2.00 bits per heavy atom. The summed E-state index contributed by atoms with van der Waals surface area (Å²) < 4.78 is 32.0. The van der Waals surface area contributed by atoms with E-state index in [2.05, 4.69) is 16.0 Å². The van der Waals surface area contributed by atoms with Crippen LogP contribution in [-0.2, 0) is 6.54 Å². The lowest BCUT2D eigenvalue weighted by molar-refractivity contribution is 0.134. The van der Waals surface area contributed by atoms with Crippen molar-refractivity contribution in [1.29, 1.82) is 5.26 Å². The fraction of sp³-hybridized carbons (Fsp3) is 0.368. The highest BCUT2D eigenvalue weighted by atomic mass is 19.2. The zero-order chi connectivity index (χ0) is 17.6. The van der Waals surface area contributed by atoms with Gasteiger partial charge in [-0.1, -0.05) is 6.07 Å². The van der Waals surface area contributed by atoms with Crippen LogP contribution in [0.3, 0.4) is 0 Å². The van der Waals surface area contributed by atoms with Crippen LogP contribution in [0.2, 0.25) is 0 Å². The molecule has 1 aromatic carbocycles. The third-order valence-corrected chi connectivity index (χ3v) is 4.44. The molecule has 1 aromatic heterocycles. The lowest BCUT2D eigenvalue weighted by Crippen LogP contribution is -2.35. The Balaban J connectivity index is 1.47. The van der Waals surface area contributed by atoms with E-state index in [9.17, 15) is 8.78 Å². The number of likely N-dealkylation sites (tertiary alicyclic amines) is 1. The molecule has 0 atom stereocenters. The van der Waals surface area contributed by atoms with E-state index in [1.54, 1.807) is 24.4 Å². The number of ether oxygens (including phenoxy) is 1. The highest BCUT2D eigenvalue weighted by molar-refractivity contribution is 5.36. The zero-order valence-electron chi connectivity index (χ0n) is 13.8. The summed E-state index contributed by atoms with van der Waals surface area (Å²) in [5, 5.41) is 9.04. The number of hydrogen-bond donors (Lipinski definition) is 0. The van der Waals surface area contributed by atoms with Gasteiger partial charge in [0.1, 0.15) is 11.6 Å². The summed E-state index contributed by atoms with van der Waals surface area (Å²) in [4.78, 5) is 6.33. The topological polar surface area (TPSA) is 49.1 Å². The van der Waals surface area contributed by atoms with Gasteiger partial charge in [0.15, 0.2) is 11.6 Å². The van der Waals surface area contributed by atoms with Crippen molar-refractivity contribution >= 4 is 0 Å². The summed E-state index contributed by atoms with van der Waals surface area (Å²) in [7, 11) is 0. The maximum atomic E-state index is 13.3. The molecule has 6 heteroatoms. The third kappa shape index (κ3) is 4.52. The first kappa shape index (κ1) is 17.3. The molecule has 130 valence electrons. The van der Waals surface area contributed by atoms with Gasteiger partial charge in [-0.15, -0.1) is 0 Å². The van der Waals surface area contributed by atoms with E-state index in [1.165, 1.54) is 12.1 Å². The smallest absolute Gasteiger partial charge is 0.231 e. The van der Waals surface area contributed by atoms with Gasteiger partial charge in [-0.05, 0) is 61.7 Å². The maximum Gasteiger partial charge on any atom is 0.231 e. The molecule has 2 heterocycles. The van der Waals surface area contributed by atoms with Gasteiger partial charge in [-0.3, -0.25) is 4.90 Å². The number of nitrogens with zero attached hydrogens (tertiary/aromatic N) is 3. The Hall–Kier alpha value is -2.52. The van der Waals surface area contributed by atoms with Crippen LogP contribution in [0.25, 0.3) is 0 Å². The minimum Gasteiger partial charge on any atom is -0.476 e. The van der Waals surface area contributed by atoms with Crippen molar-refractivity contribution in [1.82, 2.24) is 9.88 Å². The summed E-state index contributed by atoms with van der Waals surface area (Å²) in [6.45, 7) is 2.90. The summed E-state index contributed by atoms with van der Waals surface area (Å²) >= 11 is 0. The molecule has 0 aliphatic carbocycles. The largest absolute Gasteiger partial charge is 0.476 e. The molecule has 0 N–H and O–H groups in total. The van der Waals surface area contributed by atoms with Gasteiger partial charge in [-0.25, -0.2) is 13.8 Å². The van der Waals surface area contributed by atoms with E-state index < -0.39 is 11.6 Å². The minimum atomic E-state index is -0.814. The second kappa shape index (κ2) is 8.04. The summed E-state index contributed by atoms with van der Waals surface area (Å²) in [5.41, 5.74) is 1.22. The Bertz CT molecular complexity index is 768. The highest BCUT2D eigenvalue weighted by Gasteiger charge is 2.20. The van der Waals surface area contributed by atoms with Crippen molar-refractivity contribution in [2.75, 3.05) is 19.7 Å². The van der Waals surface area contributed by atoms with Crippen LogP contribution in [0.4, 0.5) is 8.78 Å². The standard InChI is InChI=1S/C19H19F2N3O/c20-17-4-3-15(10-18(17)21)12-24-8-5-14(6-9-24)13-25-19-16(11-22)2-1-7-23-19/h1-4,7,10,14H,5-6,8-9,12-13H2. The van der Waals surface area contributed by atoms with Gasteiger partial charge < -0.3 is 4.74 Å². The minimum absolute atomic E-state index is 0.384. The van der Waals surface area contributed by atoms with Crippen LogP contribution in [0.5, 0.6) is 5.88 Å². The fourth-order valence-corrected chi connectivity index (χ4v) is 3.00. The van der Waals surface area contributed by atoms with Gasteiger partial charge in [0.25, 0.3) is 0 Å². The third-order valence-electron chi connectivity index (χ3n) is 4.44. The van der Waals surface area contributed by atoms with Crippen LogP contribution >= 0.6 is 0 Å². The quantitative estimate of drug-likeness (QED) is 0.833. The van der Waals surface area contributed by atoms with Gasteiger partial charge >= 0.3 is 0 Å². The molecular weight excluding hydrogens is 324 g/mol. The lowest BCUT2D eigenvalue weighted by Gasteiger charge is -2.31. The lowest BCUT2D eigenvalue weighted by atomic mass is 9.97. The molecule has 0 bridgehead atoms. The molecule has 1 aliphatic heterocycles. The molecule has 0 amide bonds. The maximum absolute atomic E-state index is 13.3. The summed E-state index contributed by atoms with van der Waals surface area (Å²) in [5.74, 6) is -0.834. The van der Waals surface area contributed by atoms with E-state index in [-0.39, 0.29) is 0 Å². The Kier molecular flexibility index (Phi) is 5.56. The number of benzene rings is 1. The fourth-order valence-electron chi connectivity index (χ4n) is 3.00. The first-order chi connectivity index (χ1) is 12.2. The molecule has 1 fully saturated rings. The van der Waals surface area contributed by atoms with E-state index in [4.69, 9.17) is 10.00 Å².